The maximum atomic E-state index is 12.2. The molecule has 2 rings (SSSR count). The van der Waals surface area contributed by atoms with Crippen molar-refractivity contribution < 1.29 is 4.79 Å². The van der Waals surface area contributed by atoms with Crippen LogP contribution in [0, 0.1) is 11.3 Å². The summed E-state index contributed by atoms with van der Waals surface area (Å²) < 4.78 is 0. The first-order valence-electron chi connectivity index (χ1n) is 5.48. The number of nitrogens with zero attached hydrogens (tertiary/aromatic N) is 1. The topological polar surface area (TPSA) is 52.9 Å². The number of nitrogens with one attached hydrogen (secondary N) is 1. The Morgan fingerprint density at radius 1 is 1.15 bits per heavy atom. The third-order valence-corrected chi connectivity index (χ3v) is 3.60. The van der Waals surface area contributed by atoms with Gasteiger partial charge in [-0.15, -0.1) is 0 Å². The standard InChI is InChI=1S/C14H7Cl3N2O/c15-9-5-4-8(7-18)12(6-9)19-14(20)10-2-1-3-11(16)13(10)17/h1-6H,(H,19,20). The van der Waals surface area contributed by atoms with Gasteiger partial charge in [0.25, 0.3) is 5.91 Å². The molecule has 1 N–H and O–H groups in total. The van der Waals surface area contributed by atoms with E-state index in [0.717, 1.165) is 0 Å². The molecular weight excluding hydrogens is 319 g/mol. The summed E-state index contributed by atoms with van der Waals surface area (Å²) in [6.07, 6.45) is 0. The molecule has 0 aliphatic carbocycles. The molecule has 2 aromatic rings. The van der Waals surface area contributed by atoms with Crippen LogP contribution in [0.1, 0.15) is 15.9 Å². The van der Waals surface area contributed by atoms with Crippen molar-refractivity contribution in [1.82, 2.24) is 0 Å². The van der Waals surface area contributed by atoms with Gasteiger partial charge in [-0.2, -0.15) is 5.26 Å². The monoisotopic (exact) mass is 324 g/mol. The Hall–Kier alpha value is -1.73. The van der Waals surface area contributed by atoms with Gasteiger partial charge >= 0.3 is 0 Å². The molecule has 0 heterocycles. The van der Waals surface area contributed by atoms with Gasteiger partial charge in [0.15, 0.2) is 0 Å². The second-order valence-corrected chi connectivity index (χ2v) is 5.08. The van der Waals surface area contributed by atoms with Gasteiger partial charge in [0.1, 0.15) is 6.07 Å². The molecule has 6 heteroatoms. The lowest BCUT2D eigenvalue weighted by molar-refractivity contribution is 0.102. The quantitative estimate of drug-likeness (QED) is 0.864. The Morgan fingerprint density at radius 3 is 2.60 bits per heavy atom. The van der Waals surface area contributed by atoms with Crippen LogP contribution >= 0.6 is 34.8 Å². The Balaban J connectivity index is 2.35. The van der Waals surface area contributed by atoms with Crippen molar-refractivity contribution >= 4 is 46.4 Å². The van der Waals surface area contributed by atoms with Crippen molar-refractivity contribution in [2.24, 2.45) is 0 Å². The number of carbonyl (C=O) groups is 1. The van der Waals surface area contributed by atoms with E-state index < -0.39 is 5.91 Å². The van der Waals surface area contributed by atoms with Gasteiger partial charge in [-0.3, -0.25) is 4.79 Å². The summed E-state index contributed by atoms with van der Waals surface area (Å²) in [5.74, 6) is -0.462. The summed E-state index contributed by atoms with van der Waals surface area (Å²) in [7, 11) is 0. The van der Waals surface area contributed by atoms with E-state index in [2.05, 4.69) is 5.32 Å². The third-order valence-electron chi connectivity index (χ3n) is 2.55. The van der Waals surface area contributed by atoms with Crippen LogP contribution in [0.3, 0.4) is 0 Å². The van der Waals surface area contributed by atoms with Gasteiger partial charge in [0, 0.05) is 5.02 Å². The minimum atomic E-state index is -0.462. The molecule has 100 valence electrons. The van der Waals surface area contributed by atoms with Crippen molar-refractivity contribution in [3.05, 3.63) is 62.6 Å². The molecule has 20 heavy (non-hydrogen) atoms. The number of rotatable bonds is 2. The first kappa shape index (κ1) is 14.7. The summed E-state index contributed by atoms with van der Waals surface area (Å²) in [6, 6.07) is 11.3. The fourth-order valence-electron chi connectivity index (χ4n) is 1.59. The minimum Gasteiger partial charge on any atom is -0.321 e. The summed E-state index contributed by atoms with van der Waals surface area (Å²) in [5, 5.41) is 12.5. The van der Waals surface area contributed by atoms with Crippen LogP contribution in [0.4, 0.5) is 5.69 Å². The van der Waals surface area contributed by atoms with Crippen LogP contribution in [0.2, 0.25) is 15.1 Å². The largest absolute Gasteiger partial charge is 0.321 e. The van der Waals surface area contributed by atoms with Gasteiger partial charge in [0.2, 0.25) is 0 Å². The van der Waals surface area contributed by atoms with Crippen molar-refractivity contribution in [2.75, 3.05) is 5.32 Å². The smallest absolute Gasteiger partial charge is 0.257 e. The van der Waals surface area contributed by atoms with Gasteiger partial charge in [0.05, 0.1) is 26.9 Å². The van der Waals surface area contributed by atoms with E-state index in [0.29, 0.717) is 16.3 Å². The molecule has 0 aliphatic heterocycles. The van der Waals surface area contributed by atoms with Crippen molar-refractivity contribution in [2.45, 2.75) is 0 Å². The molecular formula is C14H7Cl3N2O. The zero-order valence-corrected chi connectivity index (χ0v) is 12.2. The highest BCUT2D eigenvalue weighted by molar-refractivity contribution is 6.44. The highest BCUT2D eigenvalue weighted by atomic mass is 35.5. The number of amides is 1. The number of anilines is 1. The fourth-order valence-corrected chi connectivity index (χ4v) is 2.14. The van der Waals surface area contributed by atoms with E-state index in [9.17, 15) is 4.79 Å². The molecule has 0 atom stereocenters. The third kappa shape index (κ3) is 3.05. The van der Waals surface area contributed by atoms with Gasteiger partial charge in [-0.25, -0.2) is 0 Å². The van der Waals surface area contributed by atoms with Crippen LogP contribution < -0.4 is 5.32 Å². The van der Waals surface area contributed by atoms with E-state index >= 15 is 0 Å². The van der Waals surface area contributed by atoms with Crippen LogP contribution in [0.15, 0.2) is 36.4 Å². The molecule has 3 nitrogen and oxygen atoms in total. The van der Waals surface area contributed by atoms with Crippen LogP contribution in [0.5, 0.6) is 0 Å². The molecule has 0 aromatic heterocycles. The summed E-state index contributed by atoms with van der Waals surface area (Å²) in [4.78, 5) is 12.2. The average Bonchev–Trinajstić information content (AvgIpc) is 2.42. The number of halogens is 3. The van der Waals surface area contributed by atoms with E-state index in [4.69, 9.17) is 40.1 Å². The highest BCUT2D eigenvalue weighted by Crippen LogP contribution is 2.27. The SMILES string of the molecule is N#Cc1ccc(Cl)cc1NC(=O)c1cccc(Cl)c1Cl. The van der Waals surface area contributed by atoms with Crippen molar-refractivity contribution in [1.29, 1.82) is 5.26 Å². The molecule has 0 saturated heterocycles. The number of benzene rings is 2. The van der Waals surface area contributed by atoms with Crippen molar-refractivity contribution in [3.8, 4) is 6.07 Å². The van der Waals surface area contributed by atoms with Crippen LogP contribution in [0.25, 0.3) is 0 Å². The van der Waals surface area contributed by atoms with Gasteiger partial charge < -0.3 is 5.32 Å². The van der Waals surface area contributed by atoms with Crippen molar-refractivity contribution in [3.63, 3.8) is 0 Å². The van der Waals surface area contributed by atoms with E-state index in [1.165, 1.54) is 12.1 Å². The van der Waals surface area contributed by atoms with E-state index in [1.807, 2.05) is 6.07 Å². The normalized spacial score (nSPS) is 9.90. The average molecular weight is 326 g/mol. The number of nitriles is 1. The predicted octanol–water partition coefficient (Wildman–Crippen LogP) is 4.77. The molecule has 0 unspecified atom stereocenters. The molecule has 0 bridgehead atoms. The summed E-state index contributed by atoms with van der Waals surface area (Å²) in [5.41, 5.74) is 0.852. The van der Waals surface area contributed by atoms with E-state index in [1.54, 1.807) is 24.3 Å². The van der Waals surface area contributed by atoms with Gasteiger partial charge in [-0.05, 0) is 30.3 Å². The lowest BCUT2D eigenvalue weighted by Gasteiger charge is -2.09. The van der Waals surface area contributed by atoms with Gasteiger partial charge in [-0.1, -0.05) is 40.9 Å². The lowest BCUT2D eigenvalue weighted by atomic mass is 10.1. The number of carbonyl (C=O) groups excluding carboxylic acids is 1. The maximum Gasteiger partial charge on any atom is 0.257 e. The Morgan fingerprint density at radius 2 is 1.90 bits per heavy atom. The Labute approximate surface area is 130 Å². The molecule has 0 spiro atoms. The van der Waals surface area contributed by atoms with Crippen LogP contribution in [-0.4, -0.2) is 5.91 Å². The number of hydrogen-bond donors (Lipinski definition) is 1. The first-order chi connectivity index (χ1) is 9.52. The Kier molecular flexibility index (Phi) is 4.51. The zero-order chi connectivity index (χ0) is 14.7. The van der Waals surface area contributed by atoms with E-state index in [-0.39, 0.29) is 15.6 Å². The summed E-state index contributed by atoms with van der Waals surface area (Å²) in [6.45, 7) is 0. The maximum absolute atomic E-state index is 12.2. The second kappa shape index (κ2) is 6.15. The Bertz CT molecular complexity index is 723. The first-order valence-corrected chi connectivity index (χ1v) is 6.61. The predicted molar refractivity (Wildman–Crippen MR) is 80.6 cm³/mol. The second-order valence-electron chi connectivity index (χ2n) is 3.86. The molecule has 2 aromatic carbocycles. The number of hydrogen-bond acceptors (Lipinski definition) is 2. The fraction of sp³-hybridized carbons (Fsp3) is 0. The molecule has 0 aliphatic rings. The zero-order valence-electron chi connectivity index (χ0n) is 9.95. The summed E-state index contributed by atoms with van der Waals surface area (Å²) >= 11 is 17.7. The molecule has 0 saturated carbocycles. The van der Waals surface area contributed by atoms with Crippen LogP contribution in [-0.2, 0) is 0 Å². The molecule has 0 radical (unpaired) electrons. The minimum absolute atomic E-state index is 0.159. The molecule has 1 amide bonds. The highest BCUT2D eigenvalue weighted by Gasteiger charge is 2.14. The lowest BCUT2D eigenvalue weighted by Crippen LogP contribution is -2.13. The molecule has 0 fully saturated rings.